The zero-order chi connectivity index (χ0) is 23.0. The molecule has 1 atom stereocenters. The molecule has 0 fully saturated rings. The summed E-state index contributed by atoms with van der Waals surface area (Å²) < 4.78 is 32.4. The maximum absolute atomic E-state index is 10.6. The van der Waals surface area contributed by atoms with Crippen molar-refractivity contribution < 1.29 is 23.1 Å². The molecule has 12 heteroatoms. The van der Waals surface area contributed by atoms with Gasteiger partial charge in [0.15, 0.2) is 0 Å². The summed E-state index contributed by atoms with van der Waals surface area (Å²) in [6.45, 7) is 2.65. The minimum Gasteiger partial charge on any atom is -0.475 e. The summed E-state index contributed by atoms with van der Waals surface area (Å²) in [7, 11) is 0. The molecule has 0 spiro atoms. The minimum absolute atomic E-state index is 0.159. The van der Waals surface area contributed by atoms with Crippen LogP contribution in [-0.2, 0) is 11.3 Å². The molecule has 1 unspecified atom stereocenters. The van der Waals surface area contributed by atoms with E-state index in [9.17, 15) is 13.2 Å². The van der Waals surface area contributed by atoms with Crippen molar-refractivity contribution in [3.8, 4) is 11.1 Å². The van der Waals surface area contributed by atoms with E-state index < -0.39 is 12.1 Å². The summed E-state index contributed by atoms with van der Waals surface area (Å²) in [6, 6.07) is 8.48. The molecular weight excluding hydrogens is 481 g/mol. The van der Waals surface area contributed by atoms with Crippen molar-refractivity contribution in [3.05, 3.63) is 65.0 Å². The van der Waals surface area contributed by atoms with E-state index in [0.717, 1.165) is 16.8 Å². The second-order valence-corrected chi connectivity index (χ2v) is 6.99. The van der Waals surface area contributed by atoms with Crippen molar-refractivity contribution in [2.75, 3.05) is 5.73 Å². The number of halogens is 4. The monoisotopic (exact) mass is 498 g/mol. The molecule has 3 rings (SSSR count). The second kappa shape index (κ2) is 10.8. The number of carboxylic acids is 1. The Morgan fingerprint density at radius 1 is 1.16 bits per heavy atom. The molecule has 8 nitrogen and oxygen atoms in total. The molecule has 3 aromatic rings. The first-order chi connectivity index (χ1) is 14.6. The van der Waals surface area contributed by atoms with Crippen LogP contribution in [0.15, 0.2) is 53.8 Å². The predicted molar refractivity (Wildman–Crippen MR) is 111 cm³/mol. The van der Waals surface area contributed by atoms with E-state index in [4.69, 9.17) is 15.6 Å². The van der Waals surface area contributed by atoms with E-state index in [0.29, 0.717) is 17.0 Å². The number of nitrogens with one attached hydrogen (secondary N) is 1. The number of hydrogen-bond acceptors (Lipinski definition) is 7. The normalized spacial score (nSPS) is 11.9. The average Bonchev–Trinajstić information content (AvgIpc) is 2.74. The predicted octanol–water partition coefficient (Wildman–Crippen LogP) is 3.76. The average molecular weight is 499 g/mol. The van der Waals surface area contributed by atoms with E-state index in [1.807, 2.05) is 0 Å². The summed E-state index contributed by atoms with van der Waals surface area (Å²) in [4.78, 5) is 25.4. The molecule has 0 aliphatic carbocycles. The quantitative estimate of drug-likeness (QED) is 0.485. The van der Waals surface area contributed by atoms with Crippen LogP contribution in [0.1, 0.15) is 24.2 Å². The van der Waals surface area contributed by atoms with Crippen LogP contribution in [0.5, 0.6) is 0 Å². The standard InChI is InChI=1S/C17H17BrN6.C2HF3O2/c1-11(22-8-15-17(19)23-9-16(18)24-15)12-2-4-13(5-3-12)14-6-20-10-21-7-14;3-2(4,5)1(6)7/h2-7,9-11,22H,8H2,1H3,(H2,19,23);(H,6,7). The van der Waals surface area contributed by atoms with Gasteiger partial charge in [0.25, 0.3) is 0 Å². The molecule has 164 valence electrons. The highest BCUT2D eigenvalue weighted by Crippen LogP contribution is 2.21. The summed E-state index contributed by atoms with van der Waals surface area (Å²) in [5, 5.41) is 10.5. The smallest absolute Gasteiger partial charge is 0.475 e. The fraction of sp³-hybridized carbons (Fsp3) is 0.211. The van der Waals surface area contributed by atoms with Crippen LogP contribution in [0.4, 0.5) is 19.0 Å². The van der Waals surface area contributed by atoms with Gasteiger partial charge in [0.05, 0.1) is 11.9 Å². The second-order valence-electron chi connectivity index (χ2n) is 6.18. The molecule has 2 aromatic heterocycles. The zero-order valence-corrected chi connectivity index (χ0v) is 17.7. The van der Waals surface area contributed by atoms with Gasteiger partial charge in [-0.2, -0.15) is 13.2 Å². The van der Waals surface area contributed by atoms with E-state index in [1.54, 1.807) is 18.6 Å². The third-order valence-electron chi connectivity index (χ3n) is 3.97. The van der Waals surface area contributed by atoms with Crippen molar-refractivity contribution in [3.63, 3.8) is 0 Å². The molecule has 0 aliphatic rings. The lowest BCUT2D eigenvalue weighted by atomic mass is 10.0. The van der Waals surface area contributed by atoms with Gasteiger partial charge in [-0.05, 0) is 34.0 Å². The lowest BCUT2D eigenvalue weighted by Crippen LogP contribution is -2.21. The van der Waals surface area contributed by atoms with E-state index in [-0.39, 0.29) is 6.04 Å². The number of anilines is 1. The number of carbonyl (C=O) groups is 1. The maximum atomic E-state index is 10.6. The lowest BCUT2D eigenvalue weighted by molar-refractivity contribution is -0.192. The van der Waals surface area contributed by atoms with Crippen LogP contribution >= 0.6 is 15.9 Å². The molecular formula is C19H18BrF3N6O2. The summed E-state index contributed by atoms with van der Waals surface area (Å²) in [5.74, 6) is -2.31. The van der Waals surface area contributed by atoms with Gasteiger partial charge in [0.1, 0.15) is 16.7 Å². The first kappa shape index (κ1) is 24.2. The first-order valence-corrected chi connectivity index (χ1v) is 9.53. The summed E-state index contributed by atoms with van der Waals surface area (Å²) in [5.41, 5.74) is 9.85. The van der Waals surface area contributed by atoms with Gasteiger partial charge in [-0.3, -0.25) is 0 Å². The number of rotatable bonds is 5. The van der Waals surface area contributed by atoms with Gasteiger partial charge in [-0.25, -0.2) is 24.7 Å². The lowest BCUT2D eigenvalue weighted by Gasteiger charge is -2.15. The van der Waals surface area contributed by atoms with Gasteiger partial charge < -0.3 is 16.2 Å². The number of carboxylic acid groups (broad SMARTS) is 1. The largest absolute Gasteiger partial charge is 0.490 e. The Balaban J connectivity index is 0.000000423. The Morgan fingerprint density at radius 2 is 1.74 bits per heavy atom. The van der Waals surface area contributed by atoms with Crippen LogP contribution in [0, 0.1) is 0 Å². The van der Waals surface area contributed by atoms with Gasteiger partial charge in [-0.1, -0.05) is 24.3 Å². The molecule has 31 heavy (non-hydrogen) atoms. The number of hydrogen-bond donors (Lipinski definition) is 3. The van der Waals surface area contributed by atoms with Crippen molar-refractivity contribution in [1.82, 2.24) is 25.3 Å². The van der Waals surface area contributed by atoms with Crippen LogP contribution in [0.25, 0.3) is 11.1 Å². The molecule has 0 saturated heterocycles. The first-order valence-electron chi connectivity index (χ1n) is 8.73. The third-order valence-corrected chi connectivity index (χ3v) is 4.35. The molecule has 4 N–H and O–H groups in total. The van der Waals surface area contributed by atoms with Crippen LogP contribution < -0.4 is 11.1 Å². The molecule has 0 radical (unpaired) electrons. The number of benzene rings is 1. The van der Waals surface area contributed by atoms with Crippen LogP contribution in [0.3, 0.4) is 0 Å². The van der Waals surface area contributed by atoms with E-state index in [2.05, 4.69) is 72.4 Å². The van der Waals surface area contributed by atoms with Crippen LogP contribution in [-0.4, -0.2) is 37.2 Å². The summed E-state index contributed by atoms with van der Waals surface area (Å²) in [6.07, 6.45) is 1.64. The molecule has 2 heterocycles. The Morgan fingerprint density at radius 3 is 2.29 bits per heavy atom. The van der Waals surface area contributed by atoms with Crippen molar-refractivity contribution in [2.24, 2.45) is 0 Å². The van der Waals surface area contributed by atoms with Crippen molar-refractivity contribution in [1.29, 1.82) is 0 Å². The highest BCUT2D eigenvalue weighted by Gasteiger charge is 2.38. The number of nitrogens with two attached hydrogens (primary N) is 1. The molecule has 1 aromatic carbocycles. The van der Waals surface area contributed by atoms with E-state index in [1.165, 1.54) is 11.9 Å². The topological polar surface area (TPSA) is 127 Å². The fourth-order valence-electron chi connectivity index (χ4n) is 2.32. The van der Waals surface area contributed by atoms with E-state index >= 15 is 0 Å². The number of nitrogens with zero attached hydrogens (tertiary/aromatic N) is 4. The maximum Gasteiger partial charge on any atom is 0.490 e. The van der Waals surface area contributed by atoms with Crippen molar-refractivity contribution in [2.45, 2.75) is 25.7 Å². The number of aromatic nitrogens is 4. The van der Waals surface area contributed by atoms with Gasteiger partial charge in [0, 0.05) is 30.5 Å². The Kier molecular flexibility index (Phi) is 8.39. The minimum atomic E-state index is -5.08. The molecule has 0 amide bonds. The highest BCUT2D eigenvalue weighted by atomic mass is 79.9. The van der Waals surface area contributed by atoms with Gasteiger partial charge in [0.2, 0.25) is 0 Å². The molecule has 0 saturated carbocycles. The van der Waals surface area contributed by atoms with Crippen LogP contribution in [0.2, 0.25) is 0 Å². The third kappa shape index (κ3) is 7.57. The molecule has 0 aliphatic heterocycles. The van der Waals surface area contributed by atoms with Gasteiger partial charge in [-0.15, -0.1) is 0 Å². The highest BCUT2D eigenvalue weighted by molar-refractivity contribution is 9.10. The SMILES string of the molecule is CC(NCc1nc(Br)cnc1N)c1ccc(-c2cncnc2)cc1.O=C(O)C(F)(F)F. The Bertz CT molecular complexity index is 1000. The van der Waals surface area contributed by atoms with Gasteiger partial charge >= 0.3 is 12.1 Å². The van der Waals surface area contributed by atoms with Crippen molar-refractivity contribution >= 4 is 27.7 Å². The molecule has 0 bridgehead atoms. The number of nitrogen functional groups attached to an aromatic ring is 1. The zero-order valence-electron chi connectivity index (χ0n) is 16.1. The number of aliphatic carboxylic acids is 1. The fourth-order valence-corrected chi connectivity index (χ4v) is 2.64. The number of alkyl halides is 3. The Hall–Kier alpha value is -3.12. The Labute approximate surface area is 183 Å². The summed E-state index contributed by atoms with van der Waals surface area (Å²) >= 11 is 3.31.